The largest absolute Gasteiger partial charge is 0.349 e. The average molecular weight is 304 g/mol. The van der Waals surface area contributed by atoms with Crippen molar-refractivity contribution in [3.8, 4) is 0 Å². The highest BCUT2D eigenvalue weighted by molar-refractivity contribution is 9.10. The summed E-state index contributed by atoms with van der Waals surface area (Å²) in [7, 11) is 0. The van der Waals surface area contributed by atoms with Crippen LogP contribution in [-0.4, -0.2) is 18.0 Å². The Kier molecular flexibility index (Phi) is 3.52. The molecule has 16 heavy (non-hydrogen) atoms. The van der Waals surface area contributed by atoms with Crippen LogP contribution in [-0.2, 0) is 0 Å². The summed E-state index contributed by atoms with van der Waals surface area (Å²) < 4.78 is 0.801. The van der Waals surface area contributed by atoms with Crippen LogP contribution >= 0.6 is 27.5 Å². The zero-order chi connectivity index (χ0) is 11.7. The van der Waals surface area contributed by atoms with Gasteiger partial charge in [0.15, 0.2) is 0 Å². The van der Waals surface area contributed by atoms with Gasteiger partial charge in [-0.05, 0) is 31.0 Å². The molecule has 1 aliphatic rings. The van der Waals surface area contributed by atoms with E-state index >= 15 is 0 Å². The van der Waals surface area contributed by atoms with E-state index in [4.69, 9.17) is 17.3 Å². The van der Waals surface area contributed by atoms with Gasteiger partial charge in [0.25, 0.3) is 5.91 Å². The van der Waals surface area contributed by atoms with E-state index in [1.54, 1.807) is 18.2 Å². The molecule has 1 aromatic rings. The fraction of sp³-hybridized carbons (Fsp3) is 0.364. The van der Waals surface area contributed by atoms with Gasteiger partial charge in [0.1, 0.15) is 0 Å². The van der Waals surface area contributed by atoms with Crippen LogP contribution in [0.1, 0.15) is 23.2 Å². The van der Waals surface area contributed by atoms with Gasteiger partial charge in [-0.1, -0.05) is 27.5 Å². The van der Waals surface area contributed by atoms with E-state index in [2.05, 4.69) is 21.2 Å². The first-order chi connectivity index (χ1) is 7.54. The van der Waals surface area contributed by atoms with Crippen molar-refractivity contribution in [1.82, 2.24) is 5.32 Å². The molecule has 0 radical (unpaired) electrons. The third-order valence-corrected chi connectivity index (χ3v) is 3.31. The molecule has 0 saturated heterocycles. The van der Waals surface area contributed by atoms with Crippen molar-refractivity contribution in [3.63, 3.8) is 0 Å². The van der Waals surface area contributed by atoms with Gasteiger partial charge in [-0.25, -0.2) is 0 Å². The lowest BCUT2D eigenvalue weighted by molar-refractivity contribution is 0.0910. The molecule has 0 unspecified atom stereocenters. The molecule has 0 aromatic heterocycles. The maximum absolute atomic E-state index is 11.8. The lowest BCUT2D eigenvalue weighted by Crippen LogP contribution is -2.50. The third-order valence-electron chi connectivity index (χ3n) is 2.63. The summed E-state index contributed by atoms with van der Waals surface area (Å²) in [5.74, 6) is -0.0971. The molecule has 3 N–H and O–H groups in total. The van der Waals surface area contributed by atoms with E-state index in [1.807, 2.05) is 0 Å². The van der Waals surface area contributed by atoms with E-state index in [1.165, 1.54) is 0 Å². The first kappa shape index (κ1) is 11.9. The second-order valence-electron chi connectivity index (χ2n) is 4.06. The van der Waals surface area contributed by atoms with Crippen LogP contribution in [0.25, 0.3) is 0 Å². The Hall–Kier alpha value is -0.580. The molecule has 1 amide bonds. The van der Waals surface area contributed by atoms with Crippen LogP contribution < -0.4 is 11.1 Å². The van der Waals surface area contributed by atoms with Gasteiger partial charge < -0.3 is 11.1 Å². The van der Waals surface area contributed by atoms with Gasteiger partial charge in [-0.15, -0.1) is 0 Å². The van der Waals surface area contributed by atoms with Crippen molar-refractivity contribution in [2.75, 3.05) is 0 Å². The van der Waals surface area contributed by atoms with Crippen molar-refractivity contribution < 1.29 is 4.79 Å². The summed E-state index contributed by atoms with van der Waals surface area (Å²) in [5.41, 5.74) is 6.22. The second-order valence-corrected chi connectivity index (χ2v) is 5.41. The lowest BCUT2D eigenvalue weighted by atomic mass is 9.87. The van der Waals surface area contributed by atoms with Gasteiger partial charge in [0.2, 0.25) is 0 Å². The molecular weight excluding hydrogens is 291 g/mol. The predicted octanol–water partition coefficient (Wildman–Crippen LogP) is 2.32. The van der Waals surface area contributed by atoms with Gasteiger partial charge in [0, 0.05) is 27.1 Å². The number of carbonyl (C=O) groups excluding carboxylic acids is 1. The SMILES string of the molecule is NC1CC(NC(=O)c2cc(Cl)cc(Br)c2)C1. The fourth-order valence-corrected chi connectivity index (χ4v) is 2.59. The highest BCUT2D eigenvalue weighted by Gasteiger charge is 2.27. The molecule has 0 bridgehead atoms. The zero-order valence-electron chi connectivity index (χ0n) is 8.54. The first-order valence-electron chi connectivity index (χ1n) is 5.07. The van der Waals surface area contributed by atoms with Crippen LogP contribution in [0, 0.1) is 0 Å². The Balaban J connectivity index is 2.03. The van der Waals surface area contributed by atoms with Gasteiger partial charge in [0.05, 0.1) is 0 Å². The summed E-state index contributed by atoms with van der Waals surface area (Å²) in [6.45, 7) is 0. The molecule has 2 rings (SSSR count). The summed E-state index contributed by atoms with van der Waals surface area (Å²) in [6, 6.07) is 5.59. The fourth-order valence-electron chi connectivity index (χ4n) is 1.73. The summed E-state index contributed by atoms with van der Waals surface area (Å²) in [4.78, 5) is 11.8. The molecule has 0 atom stereocenters. The van der Waals surface area contributed by atoms with Crippen LogP contribution in [0.4, 0.5) is 0 Å². The molecule has 0 spiro atoms. The van der Waals surface area contributed by atoms with Gasteiger partial charge in [-0.2, -0.15) is 0 Å². The monoisotopic (exact) mass is 302 g/mol. The van der Waals surface area contributed by atoms with Crippen molar-refractivity contribution in [2.24, 2.45) is 5.73 Å². The standard InChI is InChI=1S/C11H12BrClN2O/c12-7-1-6(2-8(13)3-7)11(16)15-10-4-9(14)5-10/h1-3,9-10H,4-5,14H2,(H,15,16). The molecule has 0 heterocycles. The van der Waals surface area contributed by atoms with E-state index < -0.39 is 0 Å². The van der Waals surface area contributed by atoms with E-state index in [0.717, 1.165) is 17.3 Å². The highest BCUT2D eigenvalue weighted by Crippen LogP contribution is 2.21. The number of halogens is 2. The quantitative estimate of drug-likeness (QED) is 0.881. The summed E-state index contributed by atoms with van der Waals surface area (Å²) >= 11 is 9.18. The van der Waals surface area contributed by atoms with Crippen LogP contribution in [0.5, 0.6) is 0 Å². The van der Waals surface area contributed by atoms with Crippen LogP contribution in [0.2, 0.25) is 5.02 Å². The highest BCUT2D eigenvalue weighted by atomic mass is 79.9. The van der Waals surface area contributed by atoms with Crippen molar-refractivity contribution >= 4 is 33.4 Å². The smallest absolute Gasteiger partial charge is 0.251 e. The van der Waals surface area contributed by atoms with E-state index in [9.17, 15) is 4.79 Å². The molecule has 1 aliphatic carbocycles. The van der Waals surface area contributed by atoms with Gasteiger partial charge >= 0.3 is 0 Å². The molecule has 3 nitrogen and oxygen atoms in total. The number of benzene rings is 1. The predicted molar refractivity (Wildman–Crippen MR) is 67.6 cm³/mol. The minimum Gasteiger partial charge on any atom is -0.349 e. The first-order valence-corrected chi connectivity index (χ1v) is 6.24. The number of nitrogens with two attached hydrogens (primary N) is 1. The Morgan fingerprint density at radius 2 is 2.12 bits per heavy atom. The number of carbonyl (C=O) groups is 1. The molecule has 86 valence electrons. The van der Waals surface area contributed by atoms with E-state index in [-0.39, 0.29) is 18.0 Å². The summed E-state index contributed by atoms with van der Waals surface area (Å²) in [6.07, 6.45) is 1.71. The van der Waals surface area contributed by atoms with Gasteiger partial charge in [-0.3, -0.25) is 4.79 Å². The molecule has 5 heteroatoms. The van der Waals surface area contributed by atoms with Crippen molar-refractivity contribution in [1.29, 1.82) is 0 Å². The minimum atomic E-state index is -0.0971. The molecule has 1 fully saturated rings. The zero-order valence-corrected chi connectivity index (χ0v) is 10.9. The number of hydrogen-bond donors (Lipinski definition) is 2. The number of rotatable bonds is 2. The number of amides is 1. The molecule has 1 aromatic carbocycles. The van der Waals surface area contributed by atoms with Crippen molar-refractivity contribution in [2.45, 2.75) is 24.9 Å². The Bertz CT molecular complexity index is 398. The maximum atomic E-state index is 11.8. The average Bonchev–Trinajstić information content (AvgIpc) is 2.13. The number of hydrogen-bond acceptors (Lipinski definition) is 2. The lowest BCUT2D eigenvalue weighted by Gasteiger charge is -2.32. The molecular formula is C11H12BrClN2O. The molecule has 1 saturated carbocycles. The van der Waals surface area contributed by atoms with Crippen LogP contribution in [0.15, 0.2) is 22.7 Å². The number of nitrogens with one attached hydrogen (secondary N) is 1. The normalized spacial score (nSPS) is 23.7. The Morgan fingerprint density at radius 3 is 2.69 bits per heavy atom. The third kappa shape index (κ3) is 2.75. The van der Waals surface area contributed by atoms with Crippen molar-refractivity contribution in [3.05, 3.63) is 33.3 Å². The van der Waals surface area contributed by atoms with E-state index in [0.29, 0.717) is 10.6 Å². The second kappa shape index (κ2) is 4.73. The molecule has 0 aliphatic heterocycles. The van der Waals surface area contributed by atoms with Crippen LogP contribution in [0.3, 0.4) is 0 Å². The maximum Gasteiger partial charge on any atom is 0.251 e. The topological polar surface area (TPSA) is 55.1 Å². The Labute approximate surface area is 107 Å². The summed E-state index contributed by atoms with van der Waals surface area (Å²) in [5, 5.41) is 3.47. The minimum absolute atomic E-state index is 0.0971. The Morgan fingerprint density at radius 1 is 1.44 bits per heavy atom.